The molecule has 0 aliphatic heterocycles. The normalized spacial score (nSPS) is 10.8. The average molecular weight is 243 g/mol. The van der Waals surface area contributed by atoms with Crippen LogP contribution in [-0.4, -0.2) is 4.98 Å². The summed E-state index contributed by atoms with van der Waals surface area (Å²) < 4.78 is 1.19. The van der Waals surface area contributed by atoms with Crippen molar-refractivity contribution in [3.63, 3.8) is 0 Å². The number of thiazole rings is 1. The van der Waals surface area contributed by atoms with E-state index in [9.17, 15) is 0 Å². The minimum Gasteiger partial charge on any atom is -0.235 e. The summed E-state index contributed by atoms with van der Waals surface area (Å²) in [5.41, 5.74) is 2.16. The Bertz CT molecular complexity index is 629. The van der Waals surface area contributed by atoms with Gasteiger partial charge in [-0.25, -0.2) is 4.98 Å². The molecule has 1 nitrogen and oxygen atoms in total. The van der Waals surface area contributed by atoms with Gasteiger partial charge in [0.05, 0.1) is 10.2 Å². The maximum Gasteiger partial charge on any atom is 0.124 e. The third-order valence-electron chi connectivity index (χ3n) is 2.42. The fourth-order valence-corrected chi connectivity index (χ4v) is 2.97. The van der Waals surface area contributed by atoms with Crippen molar-refractivity contribution in [3.05, 3.63) is 48.5 Å². The van der Waals surface area contributed by atoms with E-state index in [4.69, 9.17) is 0 Å². The molecule has 0 spiro atoms. The SMILES string of the molecule is Sc1cccc2sc(-c3ccccc3)nc12. The second-order valence-electron chi connectivity index (χ2n) is 3.51. The Morgan fingerprint density at radius 3 is 2.50 bits per heavy atom. The van der Waals surface area contributed by atoms with Crippen molar-refractivity contribution in [3.8, 4) is 10.6 Å². The average Bonchev–Trinajstić information content (AvgIpc) is 2.76. The van der Waals surface area contributed by atoms with Gasteiger partial charge in [0.2, 0.25) is 0 Å². The number of rotatable bonds is 1. The van der Waals surface area contributed by atoms with Crippen LogP contribution in [0.5, 0.6) is 0 Å². The largest absolute Gasteiger partial charge is 0.235 e. The number of hydrogen-bond donors (Lipinski definition) is 1. The molecule has 0 atom stereocenters. The Hall–Kier alpha value is -1.32. The van der Waals surface area contributed by atoms with Crippen molar-refractivity contribution in [1.29, 1.82) is 0 Å². The molecule has 1 heterocycles. The highest BCUT2D eigenvalue weighted by molar-refractivity contribution is 7.80. The lowest BCUT2D eigenvalue weighted by Gasteiger charge is -1.92. The molecule has 0 N–H and O–H groups in total. The van der Waals surface area contributed by atoms with E-state index in [0.717, 1.165) is 21.0 Å². The van der Waals surface area contributed by atoms with E-state index in [0.29, 0.717) is 0 Å². The van der Waals surface area contributed by atoms with E-state index in [1.807, 2.05) is 30.3 Å². The van der Waals surface area contributed by atoms with Crippen LogP contribution in [0.15, 0.2) is 53.4 Å². The summed E-state index contributed by atoms with van der Waals surface area (Å²) in [6.45, 7) is 0. The van der Waals surface area contributed by atoms with Crippen molar-refractivity contribution in [1.82, 2.24) is 4.98 Å². The number of nitrogens with zero attached hydrogens (tertiary/aromatic N) is 1. The number of thiol groups is 1. The van der Waals surface area contributed by atoms with Crippen LogP contribution in [0.25, 0.3) is 20.8 Å². The van der Waals surface area contributed by atoms with Gasteiger partial charge in [-0.3, -0.25) is 0 Å². The van der Waals surface area contributed by atoms with Crippen LogP contribution in [0.2, 0.25) is 0 Å². The molecule has 16 heavy (non-hydrogen) atoms. The summed E-state index contributed by atoms with van der Waals surface area (Å²) in [4.78, 5) is 5.57. The standard InChI is InChI=1S/C13H9NS2/c15-10-7-4-8-11-12(10)14-13(16-11)9-5-2-1-3-6-9/h1-8,15H. The van der Waals surface area contributed by atoms with Crippen LogP contribution >= 0.6 is 24.0 Å². The number of fused-ring (bicyclic) bond motifs is 1. The molecule has 0 unspecified atom stereocenters. The Labute approximate surface area is 103 Å². The number of aromatic nitrogens is 1. The first-order valence-electron chi connectivity index (χ1n) is 4.98. The smallest absolute Gasteiger partial charge is 0.124 e. The lowest BCUT2D eigenvalue weighted by Crippen LogP contribution is -1.74. The zero-order valence-electron chi connectivity index (χ0n) is 8.42. The first-order valence-corrected chi connectivity index (χ1v) is 6.25. The van der Waals surface area contributed by atoms with Crippen LogP contribution in [0.1, 0.15) is 0 Å². The van der Waals surface area contributed by atoms with Crippen LogP contribution in [0.4, 0.5) is 0 Å². The van der Waals surface area contributed by atoms with Gasteiger partial charge in [-0.15, -0.1) is 24.0 Å². The molecule has 0 fully saturated rings. The van der Waals surface area contributed by atoms with Gasteiger partial charge in [0.25, 0.3) is 0 Å². The van der Waals surface area contributed by atoms with Gasteiger partial charge in [0.15, 0.2) is 0 Å². The summed E-state index contributed by atoms with van der Waals surface area (Å²) >= 11 is 6.12. The predicted molar refractivity (Wildman–Crippen MR) is 72.3 cm³/mol. The van der Waals surface area contributed by atoms with E-state index in [1.54, 1.807) is 11.3 Å². The topological polar surface area (TPSA) is 12.9 Å². The molecule has 0 saturated carbocycles. The molecule has 3 heteroatoms. The molecular weight excluding hydrogens is 234 g/mol. The van der Waals surface area contributed by atoms with Gasteiger partial charge >= 0.3 is 0 Å². The molecule has 1 aromatic heterocycles. The van der Waals surface area contributed by atoms with Crippen LogP contribution in [0.3, 0.4) is 0 Å². The molecular formula is C13H9NS2. The highest BCUT2D eigenvalue weighted by atomic mass is 32.1. The molecule has 0 saturated heterocycles. The Kier molecular flexibility index (Phi) is 2.42. The molecule has 0 bridgehead atoms. The highest BCUT2D eigenvalue weighted by Crippen LogP contribution is 2.32. The Balaban J connectivity index is 2.23. The summed E-state index contributed by atoms with van der Waals surface area (Å²) in [7, 11) is 0. The fourth-order valence-electron chi connectivity index (χ4n) is 1.64. The van der Waals surface area contributed by atoms with E-state index in [2.05, 4.69) is 35.8 Å². The molecule has 0 aliphatic carbocycles. The third-order valence-corrected chi connectivity index (χ3v) is 3.85. The van der Waals surface area contributed by atoms with Gasteiger partial charge in [-0.05, 0) is 12.1 Å². The van der Waals surface area contributed by atoms with Gasteiger partial charge in [-0.1, -0.05) is 36.4 Å². The second kappa shape index (κ2) is 3.92. The van der Waals surface area contributed by atoms with Crippen LogP contribution < -0.4 is 0 Å². The third kappa shape index (κ3) is 1.62. The molecule has 0 radical (unpaired) electrons. The number of benzene rings is 2. The Morgan fingerprint density at radius 2 is 1.75 bits per heavy atom. The molecule has 3 aromatic rings. The monoisotopic (exact) mass is 243 g/mol. The van der Waals surface area contributed by atoms with Crippen molar-refractivity contribution in [2.75, 3.05) is 0 Å². The molecule has 78 valence electrons. The lowest BCUT2D eigenvalue weighted by atomic mass is 10.2. The van der Waals surface area contributed by atoms with Crippen molar-refractivity contribution >= 4 is 34.2 Å². The summed E-state index contributed by atoms with van der Waals surface area (Å²) in [6.07, 6.45) is 0. The van der Waals surface area contributed by atoms with E-state index >= 15 is 0 Å². The maximum absolute atomic E-state index is 4.62. The fraction of sp³-hybridized carbons (Fsp3) is 0. The van der Waals surface area contributed by atoms with E-state index < -0.39 is 0 Å². The van der Waals surface area contributed by atoms with Crippen LogP contribution in [-0.2, 0) is 0 Å². The van der Waals surface area contributed by atoms with Crippen molar-refractivity contribution in [2.45, 2.75) is 4.90 Å². The van der Waals surface area contributed by atoms with Crippen molar-refractivity contribution < 1.29 is 0 Å². The first kappa shape index (κ1) is 9.87. The summed E-state index contributed by atoms with van der Waals surface area (Å²) in [6, 6.07) is 16.3. The Morgan fingerprint density at radius 1 is 0.938 bits per heavy atom. The summed E-state index contributed by atoms with van der Waals surface area (Å²) in [5.74, 6) is 0. The van der Waals surface area contributed by atoms with Gasteiger partial charge < -0.3 is 0 Å². The van der Waals surface area contributed by atoms with E-state index in [1.165, 1.54) is 4.70 Å². The molecule has 0 aliphatic rings. The maximum atomic E-state index is 4.62. The first-order chi connectivity index (χ1) is 7.84. The predicted octanol–water partition coefficient (Wildman–Crippen LogP) is 4.25. The molecule has 3 rings (SSSR count). The van der Waals surface area contributed by atoms with Crippen molar-refractivity contribution in [2.24, 2.45) is 0 Å². The zero-order valence-corrected chi connectivity index (χ0v) is 10.1. The van der Waals surface area contributed by atoms with Gasteiger partial charge in [0.1, 0.15) is 5.01 Å². The zero-order chi connectivity index (χ0) is 11.0. The molecule has 2 aromatic carbocycles. The second-order valence-corrected chi connectivity index (χ2v) is 5.02. The quantitative estimate of drug-likeness (QED) is 0.630. The minimum atomic E-state index is 0.941. The van der Waals surface area contributed by atoms with Gasteiger partial charge in [0, 0.05) is 10.5 Å². The molecule has 0 amide bonds. The van der Waals surface area contributed by atoms with Crippen LogP contribution in [0, 0.1) is 0 Å². The van der Waals surface area contributed by atoms with Gasteiger partial charge in [-0.2, -0.15) is 0 Å². The number of hydrogen-bond acceptors (Lipinski definition) is 3. The highest BCUT2D eigenvalue weighted by Gasteiger charge is 2.07. The summed E-state index contributed by atoms with van der Waals surface area (Å²) in [5, 5.41) is 1.05. The van der Waals surface area contributed by atoms with E-state index in [-0.39, 0.29) is 0 Å². The number of para-hydroxylation sites is 1. The minimum absolute atomic E-state index is 0.941. The lowest BCUT2D eigenvalue weighted by molar-refractivity contribution is 1.41.